The number of hydrogen-bond donors (Lipinski definition) is 2. The number of aromatic nitrogens is 1. The Labute approximate surface area is 102 Å². The maximum absolute atomic E-state index is 12.8. The van der Waals surface area contributed by atoms with E-state index in [-0.39, 0.29) is 24.4 Å². The van der Waals surface area contributed by atoms with Gasteiger partial charge in [0.15, 0.2) is 5.43 Å². The van der Waals surface area contributed by atoms with E-state index in [0.29, 0.717) is 0 Å². The summed E-state index contributed by atoms with van der Waals surface area (Å²) in [5.74, 6) is -0.717. The summed E-state index contributed by atoms with van der Waals surface area (Å²) >= 11 is 0. The van der Waals surface area contributed by atoms with Gasteiger partial charge in [-0.2, -0.15) is 0 Å². The number of hydrogen-bond acceptors (Lipinski definition) is 4. The second-order valence-corrected chi connectivity index (χ2v) is 3.54. The van der Waals surface area contributed by atoms with Crippen LogP contribution in [0.2, 0.25) is 0 Å². The van der Waals surface area contributed by atoms with Crippen molar-refractivity contribution in [1.82, 2.24) is 4.98 Å². The monoisotopic (exact) mass is 260 g/mol. The molecule has 0 aliphatic heterocycles. The number of halogens is 2. The van der Waals surface area contributed by atoms with Crippen molar-refractivity contribution in [2.24, 2.45) is 5.73 Å². The van der Waals surface area contributed by atoms with E-state index in [4.69, 9.17) is 5.73 Å². The van der Waals surface area contributed by atoms with Gasteiger partial charge in [0.25, 0.3) is 6.43 Å². The summed E-state index contributed by atoms with van der Waals surface area (Å²) in [6.45, 7) is 1.66. The van der Waals surface area contributed by atoms with E-state index in [2.05, 4.69) is 9.72 Å². The van der Waals surface area contributed by atoms with Crippen molar-refractivity contribution >= 4 is 5.97 Å². The molecule has 0 aliphatic carbocycles. The highest BCUT2D eigenvalue weighted by atomic mass is 19.3. The number of alkyl halides is 2. The Bertz CT molecular complexity index is 486. The Kier molecular flexibility index (Phi) is 4.96. The van der Waals surface area contributed by atoms with E-state index in [0.717, 1.165) is 6.07 Å². The molecule has 1 aromatic heterocycles. The van der Waals surface area contributed by atoms with E-state index in [1.54, 1.807) is 6.92 Å². The first kappa shape index (κ1) is 14.3. The van der Waals surface area contributed by atoms with Crippen LogP contribution in [0.25, 0.3) is 0 Å². The molecule has 3 N–H and O–H groups in total. The van der Waals surface area contributed by atoms with Crippen LogP contribution in [0, 0.1) is 0 Å². The fraction of sp³-hybridized carbons (Fsp3) is 0.455. The third-order valence-electron chi connectivity index (χ3n) is 2.29. The van der Waals surface area contributed by atoms with Crippen LogP contribution in [0.15, 0.2) is 10.9 Å². The van der Waals surface area contributed by atoms with Crippen molar-refractivity contribution in [2.75, 3.05) is 6.61 Å². The molecule has 0 unspecified atom stereocenters. The Balaban J connectivity index is 3.16. The fourth-order valence-corrected chi connectivity index (χ4v) is 1.50. The molecule has 1 rings (SSSR count). The lowest BCUT2D eigenvalue weighted by molar-refractivity contribution is -0.142. The molecule has 1 aromatic rings. The number of carbonyl (C=O) groups is 1. The first-order valence-corrected chi connectivity index (χ1v) is 5.38. The van der Waals surface area contributed by atoms with E-state index in [1.165, 1.54) is 0 Å². The van der Waals surface area contributed by atoms with Crippen LogP contribution < -0.4 is 11.2 Å². The number of pyridine rings is 1. The summed E-state index contributed by atoms with van der Waals surface area (Å²) in [5, 5.41) is 0. The minimum Gasteiger partial charge on any atom is -0.466 e. The number of ether oxygens (including phenoxy) is 1. The van der Waals surface area contributed by atoms with Crippen molar-refractivity contribution < 1.29 is 18.3 Å². The van der Waals surface area contributed by atoms with Gasteiger partial charge in [-0.3, -0.25) is 9.59 Å². The first-order valence-electron chi connectivity index (χ1n) is 5.38. The van der Waals surface area contributed by atoms with Crippen LogP contribution in [0.4, 0.5) is 8.78 Å². The van der Waals surface area contributed by atoms with Gasteiger partial charge in [-0.25, -0.2) is 8.78 Å². The number of nitrogens with two attached hydrogens (primary N) is 1. The zero-order chi connectivity index (χ0) is 13.7. The summed E-state index contributed by atoms with van der Waals surface area (Å²) in [7, 11) is 0. The minimum absolute atomic E-state index is 0.0609. The van der Waals surface area contributed by atoms with Gasteiger partial charge in [0, 0.05) is 23.9 Å². The lowest BCUT2D eigenvalue weighted by atomic mass is 10.1. The number of rotatable bonds is 5. The van der Waals surface area contributed by atoms with Gasteiger partial charge < -0.3 is 15.5 Å². The highest BCUT2D eigenvalue weighted by Crippen LogP contribution is 2.19. The average molecular weight is 260 g/mol. The summed E-state index contributed by atoms with van der Waals surface area (Å²) in [5.41, 5.74) is 3.99. The van der Waals surface area contributed by atoms with Crippen LogP contribution >= 0.6 is 0 Å². The highest BCUT2D eigenvalue weighted by molar-refractivity contribution is 5.72. The van der Waals surface area contributed by atoms with Gasteiger partial charge in [-0.1, -0.05) is 0 Å². The summed E-state index contributed by atoms with van der Waals surface area (Å²) in [6.07, 6.45) is -3.36. The van der Waals surface area contributed by atoms with Crippen molar-refractivity contribution in [3.63, 3.8) is 0 Å². The molecule has 0 saturated carbocycles. The molecule has 0 spiro atoms. The van der Waals surface area contributed by atoms with Gasteiger partial charge in [0.2, 0.25) is 0 Å². The van der Waals surface area contributed by atoms with Crippen LogP contribution in [-0.4, -0.2) is 17.6 Å². The predicted octanol–water partition coefficient (Wildman–Crippen LogP) is 0.877. The lowest BCUT2D eigenvalue weighted by Gasteiger charge is -2.10. The molecule has 0 aromatic carbocycles. The summed E-state index contributed by atoms with van der Waals surface area (Å²) in [4.78, 5) is 25.3. The minimum atomic E-state index is -2.88. The summed E-state index contributed by atoms with van der Waals surface area (Å²) < 4.78 is 30.2. The quantitative estimate of drug-likeness (QED) is 0.769. The molecule has 0 aliphatic rings. The van der Waals surface area contributed by atoms with E-state index in [1.807, 2.05) is 0 Å². The van der Waals surface area contributed by atoms with Crippen LogP contribution in [0.5, 0.6) is 0 Å². The molecule has 7 heteroatoms. The molecule has 5 nitrogen and oxygen atoms in total. The number of esters is 1. The van der Waals surface area contributed by atoms with Gasteiger partial charge in [-0.05, 0) is 6.92 Å². The molecule has 0 atom stereocenters. The summed E-state index contributed by atoms with van der Waals surface area (Å²) in [6, 6.07) is 1.11. The van der Waals surface area contributed by atoms with Crippen molar-refractivity contribution in [1.29, 1.82) is 0 Å². The Morgan fingerprint density at radius 3 is 2.72 bits per heavy atom. The Hall–Kier alpha value is -1.76. The maximum atomic E-state index is 12.8. The molecular formula is C11H14F2N2O3. The van der Waals surface area contributed by atoms with E-state index in [9.17, 15) is 18.4 Å². The smallest absolute Gasteiger partial charge is 0.310 e. The van der Waals surface area contributed by atoms with Crippen LogP contribution in [0.1, 0.15) is 30.3 Å². The van der Waals surface area contributed by atoms with Gasteiger partial charge in [-0.15, -0.1) is 0 Å². The van der Waals surface area contributed by atoms with Crippen molar-refractivity contribution in [3.8, 4) is 0 Å². The number of carbonyl (C=O) groups excluding carboxylic acids is 1. The van der Waals surface area contributed by atoms with Crippen LogP contribution in [0.3, 0.4) is 0 Å². The molecule has 0 saturated heterocycles. The van der Waals surface area contributed by atoms with E-state index >= 15 is 0 Å². The number of aromatic amines is 1. The van der Waals surface area contributed by atoms with Crippen molar-refractivity contribution in [2.45, 2.75) is 26.3 Å². The highest BCUT2D eigenvalue weighted by Gasteiger charge is 2.20. The van der Waals surface area contributed by atoms with Gasteiger partial charge in [0.1, 0.15) is 0 Å². The third-order valence-corrected chi connectivity index (χ3v) is 2.29. The molecular weight excluding hydrogens is 246 g/mol. The standard InChI is InChI=1S/C11H14F2N2O3/c1-2-18-9(17)4-7-8(16)3-6(5-14)15-10(7)11(12)13/h3,11H,2,4-5,14H2,1H3,(H,15,16). The topological polar surface area (TPSA) is 85.2 Å². The Morgan fingerprint density at radius 2 is 2.22 bits per heavy atom. The predicted molar refractivity (Wildman–Crippen MR) is 60.2 cm³/mol. The average Bonchev–Trinajstić information content (AvgIpc) is 2.31. The normalized spacial score (nSPS) is 10.7. The van der Waals surface area contributed by atoms with Crippen molar-refractivity contribution in [3.05, 3.63) is 33.2 Å². The Morgan fingerprint density at radius 1 is 1.56 bits per heavy atom. The molecule has 100 valence electrons. The number of H-pyrrole nitrogens is 1. The second-order valence-electron chi connectivity index (χ2n) is 3.54. The van der Waals surface area contributed by atoms with Crippen LogP contribution in [-0.2, 0) is 22.5 Å². The zero-order valence-corrected chi connectivity index (χ0v) is 9.83. The van der Waals surface area contributed by atoms with Gasteiger partial charge >= 0.3 is 5.97 Å². The largest absolute Gasteiger partial charge is 0.466 e. The zero-order valence-electron chi connectivity index (χ0n) is 9.83. The number of nitrogens with one attached hydrogen (secondary N) is 1. The molecule has 0 bridgehead atoms. The third kappa shape index (κ3) is 3.36. The first-order chi connectivity index (χ1) is 8.49. The van der Waals surface area contributed by atoms with E-state index < -0.39 is 29.9 Å². The van der Waals surface area contributed by atoms with Gasteiger partial charge in [0.05, 0.1) is 18.7 Å². The maximum Gasteiger partial charge on any atom is 0.310 e. The molecule has 0 radical (unpaired) electrons. The molecule has 1 heterocycles. The SMILES string of the molecule is CCOC(=O)Cc1c(C(F)F)[nH]c(CN)cc1=O. The lowest BCUT2D eigenvalue weighted by Crippen LogP contribution is -2.21. The second kappa shape index (κ2) is 6.25. The molecule has 0 amide bonds. The molecule has 18 heavy (non-hydrogen) atoms. The fourth-order valence-electron chi connectivity index (χ4n) is 1.50. The molecule has 0 fully saturated rings.